The van der Waals surface area contributed by atoms with Gasteiger partial charge in [-0.2, -0.15) is 0 Å². The van der Waals surface area contributed by atoms with E-state index in [2.05, 4.69) is 38.1 Å². The lowest BCUT2D eigenvalue weighted by atomic mass is 10.3. The third-order valence-electron chi connectivity index (χ3n) is 2.57. The van der Waals surface area contributed by atoms with Crippen LogP contribution in [0.1, 0.15) is 19.8 Å². The summed E-state index contributed by atoms with van der Waals surface area (Å²) >= 11 is 3.21. The average molecular weight is 258 g/mol. The van der Waals surface area contributed by atoms with E-state index in [1.165, 1.54) is 19.2 Å². The summed E-state index contributed by atoms with van der Waals surface area (Å²) in [7, 11) is 0. The van der Waals surface area contributed by atoms with Crippen LogP contribution in [0.4, 0.5) is 5.82 Å². The predicted molar refractivity (Wildman–Crippen MR) is 58.4 cm³/mol. The minimum atomic E-state index is -0.142. The van der Waals surface area contributed by atoms with Gasteiger partial charge >= 0.3 is 0 Å². The molecule has 4 nitrogen and oxygen atoms in total. The number of aromatic amines is 1. The summed E-state index contributed by atoms with van der Waals surface area (Å²) in [5.74, 6) is 1.39. The number of aromatic nitrogens is 2. The van der Waals surface area contributed by atoms with Gasteiger partial charge in [0.05, 0.1) is 6.33 Å². The first kappa shape index (κ1) is 9.71. The third kappa shape index (κ3) is 1.82. The predicted octanol–water partition coefficient (Wildman–Crippen LogP) is 1.74. The van der Waals surface area contributed by atoms with Crippen molar-refractivity contribution < 1.29 is 0 Å². The first-order valence-electron chi connectivity index (χ1n) is 4.72. The lowest BCUT2D eigenvalue weighted by molar-refractivity contribution is 0.772. The summed E-state index contributed by atoms with van der Waals surface area (Å²) in [4.78, 5) is 17.8. The van der Waals surface area contributed by atoms with Gasteiger partial charge in [-0.3, -0.25) is 4.79 Å². The Balaban J connectivity index is 2.10. The molecule has 76 valence electrons. The highest BCUT2D eigenvalue weighted by molar-refractivity contribution is 9.10. The molecule has 2 rings (SSSR count). The van der Waals surface area contributed by atoms with Crippen molar-refractivity contribution in [2.75, 3.05) is 5.32 Å². The molecule has 1 fully saturated rings. The van der Waals surface area contributed by atoms with E-state index in [1.807, 2.05) is 0 Å². The molecule has 0 spiro atoms. The second kappa shape index (κ2) is 3.73. The van der Waals surface area contributed by atoms with Gasteiger partial charge in [0.15, 0.2) is 0 Å². The van der Waals surface area contributed by atoms with Crippen LogP contribution < -0.4 is 10.9 Å². The van der Waals surface area contributed by atoms with E-state index < -0.39 is 0 Å². The molecule has 1 aromatic rings. The van der Waals surface area contributed by atoms with Crippen LogP contribution in [-0.2, 0) is 0 Å². The van der Waals surface area contributed by atoms with Gasteiger partial charge in [-0.15, -0.1) is 0 Å². The molecule has 1 heterocycles. The maximum Gasteiger partial charge on any atom is 0.267 e. The van der Waals surface area contributed by atoms with Gasteiger partial charge in [0.1, 0.15) is 10.3 Å². The van der Waals surface area contributed by atoms with Gasteiger partial charge < -0.3 is 10.3 Å². The molecule has 2 unspecified atom stereocenters. The van der Waals surface area contributed by atoms with Gasteiger partial charge in [0, 0.05) is 6.04 Å². The quantitative estimate of drug-likeness (QED) is 0.868. The Morgan fingerprint density at radius 3 is 3.21 bits per heavy atom. The van der Waals surface area contributed by atoms with Crippen LogP contribution in [0.3, 0.4) is 0 Å². The van der Waals surface area contributed by atoms with Crippen molar-refractivity contribution in [3.8, 4) is 0 Å². The number of hydrogen-bond acceptors (Lipinski definition) is 3. The molecular weight excluding hydrogens is 246 g/mol. The molecule has 1 aromatic heterocycles. The molecule has 0 aliphatic heterocycles. The Bertz CT molecular complexity index is 390. The van der Waals surface area contributed by atoms with Crippen molar-refractivity contribution in [2.45, 2.75) is 25.8 Å². The van der Waals surface area contributed by atoms with Crippen LogP contribution in [0.2, 0.25) is 0 Å². The Kier molecular flexibility index (Phi) is 2.58. The number of nitrogens with one attached hydrogen (secondary N) is 2. The van der Waals surface area contributed by atoms with E-state index in [9.17, 15) is 4.79 Å². The molecule has 14 heavy (non-hydrogen) atoms. The fourth-order valence-electron chi connectivity index (χ4n) is 1.53. The van der Waals surface area contributed by atoms with Crippen molar-refractivity contribution in [3.63, 3.8) is 0 Å². The monoisotopic (exact) mass is 257 g/mol. The van der Waals surface area contributed by atoms with Crippen molar-refractivity contribution in [1.29, 1.82) is 0 Å². The molecular formula is C9H12BrN3O. The fraction of sp³-hybridized carbons (Fsp3) is 0.556. The zero-order valence-corrected chi connectivity index (χ0v) is 9.47. The van der Waals surface area contributed by atoms with Gasteiger partial charge in [0.25, 0.3) is 5.56 Å². The number of H-pyrrole nitrogens is 1. The summed E-state index contributed by atoms with van der Waals surface area (Å²) in [6.45, 7) is 2.17. The van der Waals surface area contributed by atoms with Gasteiger partial charge in [0.2, 0.25) is 0 Å². The molecule has 0 saturated heterocycles. The maximum absolute atomic E-state index is 11.2. The van der Waals surface area contributed by atoms with Crippen molar-refractivity contribution in [3.05, 3.63) is 21.2 Å². The zero-order valence-electron chi connectivity index (χ0n) is 7.88. The second-order valence-corrected chi connectivity index (χ2v) is 4.34. The Hall–Kier alpha value is -0.840. The molecule has 0 radical (unpaired) electrons. The van der Waals surface area contributed by atoms with Crippen LogP contribution in [-0.4, -0.2) is 16.0 Å². The summed E-state index contributed by atoms with van der Waals surface area (Å²) < 4.78 is 0.488. The van der Waals surface area contributed by atoms with Gasteiger partial charge in [-0.25, -0.2) is 4.98 Å². The lowest BCUT2D eigenvalue weighted by Gasteiger charge is -2.04. The standard InChI is InChI=1S/C9H12BrN3O/c1-2-5-3-6(5)13-8-7(10)9(14)12-4-11-8/h4-6H,2-3H2,1H3,(H2,11,12,13,14). The average Bonchev–Trinajstić information content (AvgIpc) is 2.92. The smallest absolute Gasteiger partial charge is 0.267 e. The Morgan fingerprint density at radius 1 is 1.79 bits per heavy atom. The Morgan fingerprint density at radius 2 is 2.57 bits per heavy atom. The number of halogens is 1. The largest absolute Gasteiger partial charge is 0.366 e. The number of nitrogens with zero attached hydrogens (tertiary/aromatic N) is 1. The summed E-state index contributed by atoms with van der Waals surface area (Å²) in [6.07, 6.45) is 3.77. The van der Waals surface area contributed by atoms with Crippen molar-refractivity contribution >= 4 is 21.7 Å². The van der Waals surface area contributed by atoms with Gasteiger partial charge in [-0.05, 0) is 28.3 Å². The molecule has 0 aromatic carbocycles. The normalized spacial score (nSPS) is 24.7. The SMILES string of the molecule is CCC1CC1Nc1nc[nH]c(=O)c1Br. The summed E-state index contributed by atoms with van der Waals surface area (Å²) in [6, 6.07) is 0.491. The zero-order chi connectivity index (χ0) is 10.1. The molecule has 2 N–H and O–H groups in total. The van der Waals surface area contributed by atoms with E-state index in [-0.39, 0.29) is 5.56 Å². The fourth-order valence-corrected chi connectivity index (χ4v) is 1.87. The number of anilines is 1. The summed E-state index contributed by atoms with van der Waals surface area (Å²) in [5.41, 5.74) is -0.142. The first-order valence-corrected chi connectivity index (χ1v) is 5.51. The topological polar surface area (TPSA) is 57.8 Å². The van der Waals surface area contributed by atoms with Crippen LogP contribution in [0.15, 0.2) is 15.6 Å². The lowest BCUT2D eigenvalue weighted by Crippen LogP contribution is -2.14. The highest BCUT2D eigenvalue weighted by atomic mass is 79.9. The second-order valence-electron chi connectivity index (χ2n) is 3.55. The van der Waals surface area contributed by atoms with E-state index in [0.717, 1.165) is 5.92 Å². The van der Waals surface area contributed by atoms with E-state index in [4.69, 9.17) is 0 Å². The minimum Gasteiger partial charge on any atom is -0.366 e. The van der Waals surface area contributed by atoms with Crippen LogP contribution in [0.5, 0.6) is 0 Å². The van der Waals surface area contributed by atoms with Crippen LogP contribution >= 0.6 is 15.9 Å². The molecule has 1 saturated carbocycles. The van der Waals surface area contributed by atoms with E-state index in [1.54, 1.807) is 0 Å². The molecule has 1 aliphatic rings. The van der Waals surface area contributed by atoms with Crippen LogP contribution in [0.25, 0.3) is 0 Å². The maximum atomic E-state index is 11.2. The van der Waals surface area contributed by atoms with E-state index >= 15 is 0 Å². The molecule has 0 amide bonds. The molecule has 2 atom stereocenters. The number of hydrogen-bond donors (Lipinski definition) is 2. The first-order chi connectivity index (χ1) is 6.72. The Labute approximate surface area is 90.3 Å². The highest BCUT2D eigenvalue weighted by Crippen LogP contribution is 2.36. The van der Waals surface area contributed by atoms with Gasteiger partial charge in [-0.1, -0.05) is 13.3 Å². The molecule has 5 heteroatoms. The third-order valence-corrected chi connectivity index (χ3v) is 3.30. The van der Waals surface area contributed by atoms with Crippen LogP contribution in [0, 0.1) is 5.92 Å². The van der Waals surface area contributed by atoms with Crippen molar-refractivity contribution in [1.82, 2.24) is 9.97 Å². The highest BCUT2D eigenvalue weighted by Gasteiger charge is 2.35. The molecule has 1 aliphatic carbocycles. The molecule has 0 bridgehead atoms. The summed E-state index contributed by atoms with van der Waals surface area (Å²) in [5, 5.41) is 3.25. The number of rotatable bonds is 3. The van der Waals surface area contributed by atoms with E-state index in [0.29, 0.717) is 16.3 Å². The van der Waals surface area contributed by atoms with Crippen molar-refractivity contribution in [2.24, 2.45) is 5.92 Å². The minimum absolute atomic E-state index is 0.142.